The number of aryl methyl sites for hydroxylation is 2. The molecule has 0 bridgehead atoms. The van der Waals surface area contributed by atoms with Crippen molar-refractivity contribution in [2.45, 2.75) is 52.7 Å². The van der Waals surface area contributed by atoms with Crippen LogP contribution in [-0.4, -0.2) is 18.1 Å². The van der Waals surface area contributed by atoms with Gasteiger partial charge in [0.15, 0.2) is 0 Å². The lowest BCUT2D eigenvalue weighted by atomic mass is 10.0. The molecule has 32 heavy (non-hydrogen) atoms. The van der Waals surface area contributed by atoms with Gasteiger partial charge in [-0.25, -0.2) is 14.4 Å². The SMILES string of the molecule is CCCC(NC(=O)OCc1ccccc1)C(=O)Oc1ccc2c(CC)cc(=O)oc2c1C. The molecule has 2 aromatic carbocycles. The molecule has 0 saturated carbocycles. The van der Waals surface area contributed by atoms with Crippen molar-refractivity contribution in [2.75, 3.05) is 0 Å². The Morgan fingerprint density at radius 1 is 1.09 bits per heavy atom. The highest BCUT2D eigenvalue weighted by molar-refractivity contribution is 5.87. The number of alkyl carbamates (subject to hydrolysis) is 1. The van der Waals surface area contributed by atoms with Gasteiger partial charge in [-0.3, -0.25) is 0 Å². The highest BCUT2D eigenvalue weighted by Gasteiger charge is 2.24. The topological polar surface area (TPSA) is 94.8 Å². The average Bonchev–Trinajstić information content (AvgIpc) is 2.79. The summed E-state index contributed by atoms with van der Waals surface area (Å²) in [5, 5.41) is 3.39. The van der Waals surface area contributed by atoms with E-state index in [2.05, 4.69) is 5.32 Å². The Balaban J connectivity index is 1.72. The van der Waals surface area contributed by atoms with Crippen molar-refractivity contribution in [2.24, 2.45) is 0 Å². The first-order valence-electron chi connectivity index (χ1n) is 10.7. The molecule has 7 nitrogen and oxygen atoms in total. The Hall–Kier alpha value is -3.61. The molecule has 168 valence electrons. The number of nitrogens with one attached hydrogen (secondary N) is 1. The number of fused-ring (bicyclic) bond motifs is 1. The lowest BCUT2D eigenvalue weighted by molar-refractivity contribution is -0.136. The van der Waals surface area contributed by atoms with Crippen molar-refractivity contribution in [3.05, 3.63) is 75.6 Å². The molecule has 1 amide bonds. The van der Waals surface area contributed by atoms with Crippen LogP contribution in [0.4, 0.5) is 4.79 Å². The monoisotopic (exact) mass is 437 g/mol. The molecule has 3 rings (SSSR count). The largest absolute Gasteiger partial charge is 0.445 e. The molecule has 1 unspecified atom stereocenters. The summed E-state index contributed by atoms with van der Waals surface area (Å²) >= 11 is 0. The normalized spacial score (nSPS) is 11.7. The van der Waals surface area contributed by atoms with Crippen LogP contribution in [0.15, 0.2) is 57.7 Å². The zero-order chi connectivity index (χ0) is 23.1. The van der Waals surface area contributed by atoms with Gasteiger partial charge in [0.2, 0.25) is 0 Å². The molecule has 0 saturated heterocycles. The summed E-state index contributed by atoms with van der Waals surface area (Å²) in [4.78, 5) is 36.9. The van der Waals surface area contributed by atoms with Gasteiger partial charge in [-0.15, -0.1) is 0 Å². The van der Waals surface area contributed by atoms with Crippen LogP contribution in [0, 0.1) is 6.92 Å². The van der Waals surface area contributed by atoms with Gasteiger partial charge in [0.1, 0.15) is 24.0 Å². The Kier molecular flexibility index (Phi) is 7.65. The van der Waals surface area contributed by atoms with Gasteiger partial charge in [0, 0.05) is 17.0 Å². The molecule has 3 aromatic rings. The number of benzene rings is 2. The number of ether oxygens (including phenoxy) is 2. The number of esters is 1. The third kappa shape index (κ3) is 5.55. The minimum Gasteiger partial charge on any atom is -0.445 e. The van der Waals surface area contributed by atoms with Crippen molar-refractivity contribution < 1.29 is 23.5 Å². The van der Waals surface area contributed by atoms with Crippen LogP contribution in [-0.2, 0) is 22.6 Å². The van der Waals surface area contributed by atoms with E-state index in [0.29, 0.717) is 30.4 Å². The van der Waals surface area contributed by atoms with E-state index in [0.717, 1.165) is 16.5 Å². The smallest absolute Gasteiger partial charge is 0.408 e. The van der Waals surface area contributed by atoms with Crippen molar-refractivity contribution >= 4 is 23.0 Å². The molecule has 0 aliphatic carbocycles. The van der Waals surface area contributed by atoms with Crippen molar-refractivity contribution in [3.63, 3.8) is 0 Å². The van der Waals surface area contributed by atoms with Crippen LogP contribution in [0.5, 0.6) is 5.75 Å². The van der Waals surface area contributed by atoms with Gasteiger partial charge in [-0.1, -0.05) is 50.6 Å². The molecule has 1 atom stereocenters. The molecule has 0 fully saturated rings. The zero-order valence-corrected chi connectivity index (χ0v) is 18.5. The van der Waals surface area contributed by atoms with Crippen molar-refractivity contribution in [1.29, 1.82) is 0 Å². The maximum Gasteiger partial charge on any atom is 0.408 e. The van der Waals surface area contributed by atoms with Gasteiger partial charge < -0.3 is 19.2 Å². The molecular formula is C25H27NO6. The second kappa shape index (κ2) is 10.6. The molecule has 1 N–H and O–H groups in total. The summed E-state index contributed by atoms with van der Waals surface area (Å²) in [6.45, 7) is 5.68. The van der Waals surface area contributed by atoms with Gasteiger partial charge in [0.25, 0.3) is 0 Å². The van der Waals surface area contributed by atoms with Crippen LogP contribution in [0.25, 0.3) is 11.0 Å². The lowest BCUT2D eigenvalue weighted by Gasteiger charge is -2.18. The first-order chi connectivity index (χ1) is 15.4. The predicted molar refractivity (Wildman–Crippen MR) is 121 cm³/mol. The highest BCUT2D eigenvalue weighted by atomic mass is 16.6. The second-order valence-electron chi connectivity index (χ2n) is 7.48. The molecule has 1 heterocycles. The van der Waals surface area contributed by atoms with E-state index in [-0.39, 0.29) is 12.4 Å². The van der Waals surface area contributed by atoms with Crippen molar-refractivity contribution in [3.8, 4) is 5.75 Å². The van der Waals surface area contributed by atoms with Gasteiger partial charge in [0.05, 0.1) is 0 Å². The second-order valence-corrected chi connectivity index (χ2v) is 7.48. The Bertz CT molecular complexity index is 1150. The van der Waals surface area contributed by atoms with Crippen LogP contribution in [0.2, 0.25) is 0 Å². The summed E-state index contributed by atoms with van der Waals surface area (Å²) < 4.78 is 16.2. The van der Waals surface area contributed by atoms with Gasteiger partial charge >= 0.3 is 17.7 Å². The van der Waals surface area contributed by atoms with Crippen LogP contribution in [0.3, 0.4) is 0 Å². The summed E-state index contributed by atoms with van der Waals surface area (Å²) in [5.41, 5.74) is 2.20. The molecule has 0 spiro atoms. The molecule has 0 aliphatic rings. The minimum absolute atomic E-state index is 0.100. The molecule has 7 heteroatoms. The quantitative estimate of drug-likeness (QED) is 0.313. The molecule has 0 aliphatic heterocycles. The molecular weight excluding hydrogens is 410 g/mol. The number of carbonyl (C=O) groups excluding carboxylic acids is 2. The lowest BCUT2D eigenvalue weighted by Crippen LogP contribution is -2.43. The number of rotatable bonds is 8. The minimum atomic E-state index is -0.868. The number of amides is 1. The average molecular weight is 437 g/mol. The van der Waals surface area contributed by atoms with E-state index in [1.165, 1.54) is 6.07 Å². The zero-order valence-electron chi connectivity index (χ0n) is 18.5. The molecule has 0 radical (unpaired) electrons. The summed E-state index contributed by atoms with van der Waals surface area (Å²) in [7, 11) is 0. The standard InChI is InChI=1S/C25H27NO6/c1-4-9-20(26-25(29)30-15-17-10-7-6-8-11-17)24(28)31-21-13-12-19-18(5-2)14-22(27)32-23(19)16(21)3/h6-8,10-14,20H,4-5,9,15H2,1-3H3,(H,26,29). The van der Waals surface area contributed by atoms with Crippen LogP contribution >= 0.6 is 0 Å². The first-order valence-corrected chi connectivity index (χ1v) is 10.7. The first kappa shape index (κ1) is 23.1. The summed E-state index contributed by atoms with van der Waals surface area (Å²) in [5.74, 6) is -0.334. The molecule has 1 aromatic heterocycles. The fraction of sp³-hybridized carbons (Fsp3) is 0.320. The van der Waals surface area contributed by atoms with Gasteiger partial charge in [-0.05, 0) is 43.0 Å². The third-order valence-corrected chi connectivity index (χ3v) is 5.16. The maximum absolute atomic E-state index is 12.8. The van der Waals surface area contributed by atoms with E-state index in [4.69, 9.17) is 13.9 Å². The Labute approximate surface area is 186 Å². The number of hydrogen-bond acceptors (Lipinski definition) is 6. The maximum atomic E-state index is 12.8. The third-order valence-electron chi connectivity index (χ3n) is 5.16. The Morgan fingerprint density at radius 2 is 1.84 bits per heavy atom. The predicted octanol–water partition coefficient (Wildman–Crippen LogP) is 4.66. The summed E-state index contributed by atoms with van der Waals surface area (Å²) in [6.07, 6.45) is 1.03. The van der Waals surface area contributed by atoms with E-state index in [9.17, 15) is 14.4 Å². The van der Waals surface area contributed by atoms with Crippen LogP contribution in [0.1, 0.15) is 43.4 Å². The van der Waals surface area contributed by atoms with Gasteiger partial charge in [-0.2, -0.15) is 0 Å². The van der Waals surface area contributed by atoms with Crippen LogP contribution < -0.4 is 15.7 Å². The summed E-state index contributed by atoms with van der Waals surface area (Å²) in [6, 6.07) is 13.3. The highest BCUT2D eigenvalue weighted by Crippen LogP contribution is 2.29. The van der Waals surface area contributed by atoms with E-state index in [1.807, 2.05) is 44.2 Å². The van der Waals surface area contributed by atoms with E-state index < -0.39 is 23.7 Å². The number of carbonyl (C=O) groups is 2. The number of hydrogen-bond donors (Lipinski definition) is 1. The van der Waals surface area contributed by atoms with E-state index in [1.54, 1.807) is 19.1 Å². The Morgan fingerprint density at radius 3 is 2.53 bits per heavy atom. The fourth-order valence-corrected chi connectivity index (χ4v) is 3.44. The van der Waals surface area contributed by atoms with Crippen molar-refractivity contribution in [1.82, 2.24) is 5.32 Å². The van der Waals surface area contributed by atoms with E-state index >= 15 is 0 Å². The fourth-order valence-electron chi connectivity index (χ4n) is 3.44.